The fourth-order valence-electron chi connectivity index (χ4n) is 2.87. The van der Waals surface area contributed by atoms with Gasteiger partial charge in [-0.1, -0.05) is 12.1 Å². The molecular formula is C18H20O4. The Morgan fingerprint density at radius 2 is 1.55 bits per heavy atom. The summed E-state index contributed by atoms with van der Waals surface area (Å²) in [6, 6.07) is 6.74. The van der Waals surface area contributed by atoms with Crippen LogP contribution in [0.5, 0.6) is 0 Å². The van der Waals surface area contributed by atoms with E-state index in [-0.39, 0.29) is 11.6 Å². The number of ether oxygens (including phenoxy) is 1. The molecule has 1 aromatic rings. The van der Waals surface area contributed by atoms with Crippen molar-refractivity contribution in [3.8, 4) is 0 Å². The highest BCUT2D eigenvalue weighted by atomic mass is 16.5. The van der Waals surface area contributed by atoms with Crippen molar-refractivity contribution in [1.82, 2.24) is 0 Å². The number of rotatable bonds is 2. The zero-order valence-electron chi connectivity index (χ0n) is 13.5. The summed E-state index contributed by atoms with van der Waals surface area (Å²) < 4.78 is 4.65. The zero-order chi connectivity index (χ0) is 16.7. The number of carbonyl (C=O) groups excluding carboxylic acids is 3. The molecule has 0 atom stereocenters. The molecule has 0 heterocycles. The minimum absolute atomic E-state index is 0.0672. The Hall–Kier alpha value is -2.23. The predicted octanol–water partition coefficient (Wildman–Crippen LogP) is 3.06. The standard InChI is InChI=1S/C18H20O4/c1-17(2)13(14(19)18(3,4)16(17)21)10-11-6-8-12(9-7-11)15(20)22-5/h6-10H,1-5H3. The third kappa shape index (κ3) is 2.39. The van der Waals surface area contributed by atoms with Crippen molar-refractivity contribution in [2.45, 2.75) is 27.7 Å². The van der Waals surface area contributed by atoms with Gasteiger partial charge in [0.1, 0.15) is 0 Å². The Kier molecular flexibility index (Phi) is 3.81. The molecule has 22 heavy (non-hydrogen) atoms. The van der Waals surface area contributed by atoms with Gasteiger partial charge in [0.05, 0.1) is 23.5 Å². The predicted molar refractivity (Wildman–Crippen MR) is 83.3 cm³/mol. The fraction of sp³-hybridized carbons (Fsp3) is 0.389. The summed E-state index contributed by atoms with van der Waals surface area (Å²) in [6.45, 7) is 6.88. The van der Waals surface area contributed by atoms with E-state index in [1.54, 1.807) is 58.0 Å². The van der Waals surface area contributed by atoms with E-state index in [0.717, 1.165) is 5.56 Å². The average molecular weight is 300 g/mol. The van der Waals surface area contributed by atoms with Gasteiger partial charge in [-0.25, -0.2) is 4.79 Å². The molecule has 1 aromatic carbocycles. The lowest BCUT2D eigenvalue weighted by Gasteiger charge is -2.18. The van der Waals surface area contributed by atoms with Gasteiger partial charge in [-0.2, -0.15) is 0 Å². The van der Waals surface area contributed by atoms with Crippen molar-refractivity contribution in [3.05, 3.63) is 41.0 Å². The Balaban J connectivity index is 2.43. The molecule has 0 spiro atoms. The topological polar surface area (TPSA) is 60.4 Å². The van der Waals surface area contributed by atoms with Gasteiger partial charge < -0.3 is 4.74 Å². The Morgan fingerprint density at radius 1 is 1.00 bits per heavy atom. The summed E-state index contributed by atoms with van der Waals surface area (Å²) in [7, 11) is 1.33. The molecule has 0 bridgehead atoms. The van der Waals surface area contributed by atoms with Crippen LogP contribution in [0.25, 0.3) is 6.08 Å². The summed E-state index contributed by atoms with van der Waals surface area (Å²) in [4.78, 5) is 36.4. The van der Waals surface area contributed by atoms with Crippen LogP contribution in [0.4, 0.5) is 0 Å². The second kappa shape index (κ2) is 5.20. The highest BCUT2D eigenvalue weighted by Crippen LogP contribution is 2.47. The second-order valence-electron chi connectivity index (χ2n) is 6.58. The van der Waals surface area contributed by atoms with Crippen LogP contribution in [-0.4, -0.2) is 24.6 Å². The first kappa shape index (κ1) is 16.1. The number of hydrogen-bond acceptors (Lipinski definition) is 4. The van der Waals surface area contributed by atoms with Crippen LogP contribution in [0.3, 0.4) is 0 Å². The molecule has 1 aliphatic carbocycles. The van der Waals surface area contributed by atoms with Crippen molar-refractivity contribution < 1.29 is 19.1 Å². The maximum atomic E-state index is 12.5. The SMILES string of the molecule is COC(=O)c1ccc(C=C2C(=O)C(C)(C)C(=O)C2(C)C)cc1. The first-order valence-corrected chi connectivity index (χ1v) is 7.12. The number of benzene rings is 1. The normalized spacial score (nSPS) is 21.2. The number of allylic oxidation sites excluding steroid dienone is 1. The van der Waals surface area contributed by atoms with Gasteiger partial charge in [0.15, 0.2) is 11.6 Å². The molecular weight excluding hydrogens is 280 g/mol. The van der Waals surface area contributed by atoms with Crippen LogP contribution < -0.4 is 0 Å². The highest BCUT2D eigenvalue weighted by Gasteiger charge is 2.55. The van der Waals surface area contributed by atoms with E-state index >= 15 is 0 Å². The Labute approximate surface area is 130 Å². The lowest BCUT2D eigenvalue weighted by Crippen LogP contribution is -2.29. The lowest BCUT2D eigenvalue weighted by molar-refractivity contribution is -0.135. The average Bonchev–Trinajstić information content (AvgIpc) is 2.60. The highest BCUT2D eigenvalue weighted by molar-refractivity contribution is 6.26. The molecule has 0 aromatic heterocycles. The summed E-state index contributed by atoms with van der Waals surface area (Å²) >= 11 is 0. The Morgan fingerprint density at radius 3 is 1.95 bits per heavy atom. The number of ketones is 2. The third-order valence-corrected chi connectivity index (χ3v) is 4.26. The van der Waals surface area contributed by atoms with Crippen molar-refractivity contribution in [2.75, 3.05) is 7.11 Å². The molecule has 1 aliphatic rings. The molecule has 0 saturated heterocycles. The number of esters is 1. The molecule has 4 nitrogen and oxygen atoms in total. The van der Waals surface area contributed by atoms with Gasteiger partial charge in [-0.05, 0) is 51.5 Å². The molecule has 0 N–H and O–H groups in total. The lowest BCUT2D eigenvalue weighted by atomic mass is 9.81. The van der Waals surface area contributed by atoms with E-state index in [2.05, 4.69) is 4.74 Å². The van der Waals surface area contributed by atoms with Crippen molar-refractivity contribution in [3.63, 3.8) is 0 Å². The number of Topliss-reactive ketones (excluding diaryl/α,β-unsaturated/α-hetero) is 2. The zero-order valence-corrected chi connectivity index (χ0v) is 13.5. The maximum Gasteiger partial charge on any atom is 0.337 e. The van der Waals surface area contributed by atoms with E-state index in [1.807, 2.05) is 0 Å². The molecule has 0 amide bonds. The minimum atomic E-state index is -0.985. The van der Waals surface area contributed by atoms with Crippen LogP contribution in [0.15, 0.2) is 29.8 Å². The monoisotopic (exact) mass is 300 g/mol. The van der Waals surface area contributed by atoms with E-state index in [0.29, 0.717) is 11.1 Å². The molecule has 2 rings (SSSR count). The van der Waals surface area contributed by atoms with E-state index in [4.69, 9.17) is 0 Å². The van der Waals surface area contributed by atoms with E-state index in [1.165, 1.54) is 7.11 Å². The molecule has 0 aliphatic heterocycles. The van der Waals surface area contributed by atoms with Gasteiger partial charge in [0, 0.05) is 5.57 Å². The molecule has 0 radical (unpaired) electrons. The van der Waals surface area contributed by atoms with Gasteiger partial charge in [0.2, 0.25) is 0 Å². The number of carbonyl (C=O) groups is 3. The van der Waals surface area contributed by atoms with Crippen LogP contribution in [0.2, 0.25) is 0 Å². The summed E-state index contributed by atoms with van der Waals surface area (Å²) in [5, 5.41) is 0. The summed E-state index contributed by atoms with van der Waals surface area (Å²) in [6.07, 6.45) is 1.73. The van der Waals surface area contributed by atoms with Crippen molar-refractivity contribution in [1.29, 1.82) is 0 Å². The van der Waals surface area contributed by atoms with Gasteiger partial charge >= 0.3 is 5.97 Å². The summed E-state index contributed by atoms with van der Waals surface area (Å²) in [5.41, 5.74) is -0.0657. The molecule has 1 fully saturated rings. The van der Waals surface area contributed by atoms with Gasteiger partial charge in [-0.3, -0.25) is 9.59 Å². The smallest absolute Gasteiger partial charge is 0.337 e. The van der Waals surface area contributed by atoms with Crippen LogP contribution in [0, 0.1) is 10.8 Å². The minimum Gasteiger partial charge on any atom is -0.465 e. The fourth-order valence-corrected chi connectivity index (χ4v) is 2.87. The van der Waals surface area contributed by atoms with E-state index < -0.39 is 16.8 Å². The second-order valence-corrected chi connectivity index (χ2v) is 6.58. The van der Waals surface area contributed by atoms with E-state index in [9.17, 15) is 14.4 Å². The summed E-state index contributed by atoms with van der Waals surface area (Å²) in [5.74, 6) is -0.616. The van der Waals surface area contributed by atoms with Gasteiger partial charge in [-0.15, -0.1) is 0 Å². The van der Waals surface area contributed by atoms with Crippen LogP contribution >= 0.6 is 0 Å². The van der Waals surface area contributed by atoms with Crippen molar-refractivity contribution in [2.24, 2.45) is 10.8 Å². The molecule has 116 valence electrons. The first-order chi connectivity index (χ1) is 10.1. The molecule has 0 unspecified atom stereocenters. The quantitative estimate of drug-likeness (QED) is 0.478. The van der Waals surface area contributed by atoms with Crippen molar-refractivity contribution >= 4 is 23.6 Å². The van der Waals surface area contributed by atoms with Crippen LogP contribution in [0.1, 0.15) is 43.6 Å². The number of hydrogen-bond donors (Lipinski definition) is 0. The largest absolute Gasteiger partial charge is 0.465 e. The third-order valence-electron chi connectivity index (χ3n) is 4.26. The Bertz CT molecular complexity index is 676. The van der Waals surface area contributed by atoms with Gasteiger partial charge in [0.25, 0.3) is 0 Å². The van der Waals surface area contributed by atoms with Crippen LogP contribution in [-0.2, 0) is 14.3 Å². The number of methoxy groups -OCH3 is 1. The first-order valence-electron chi connectivity index (χ1n) is 7.12. The molecule has 4 heteroatoms. The maximum absolute atomic E-state index is 12.5. The molecule has 1 saturated carbocycles.